The van der Waals surface area contributed by atoms with E-state index < -0.39 is 11.6 Å². The van der Waals surface area contributed by atoms with Gasteiger partial charge in [0.15, 0.2) is 0 Å². The minimum absolute atomic E-state index is 0.203. The lowest BCUT2D eigenvalue weighted by Crippen LogP contribution is -1.93. The third-order valence-electron chi connectivity index (χ3n) is 2.90. The SMILES string of the molecule is Fc1ccc(C=NNc2nc(-c3ccccc3)cs2)c(F)c1. The van der Waals surface area contributed by atoms with Gasteiger partial charge in [-0.1, -0.05) is 30.3 Å². The summed E-state index contributed by atoms with van der Waals surface area (Å²) in [5, 5.41) is 6.42. The zero-order valence-corrected chi connectivity index (χ0v) is 12.1. The van der Waals surface area contributed by atoms with Crippen molar-refractivity contribution in [2.45, 2.75) is 0 Å². The van der Waals surface area contributed by atoms with Gasteiger partial charge < -0.3 is 0 Å². The van der Waals surface area contributed by atoms with Crippen LogP contribution in [-0.2, 0) is 0 Å². The molecule has 0 aliphatic heterocycles. The maximum atomic E-state index is 13.4. The summed E-state index contributed by atoms with van der Waals surface area (Å²) < 4.78 is 26.2. The van der Waals surface area contributed by atoms with Gasteiger partial charge in [0, 0.05) is 22.6 Å². The highest BCUT2D eigenvalue weighted by molar-refractivity contribution is 7.14. The lowest BCUT2D eigenvalue weighted by Gasteiger charge is -1.97. The Kier molecular flexibility index (Phi) is 4.20. The Morgan fingerprint density at radius 3 is 2.68 bits per heavy atom. The van der Waals surface area contributed by atoms with Gasteiger partial charge in [-0.2, -0.15) is 5.10 Å². The molecule has 0 bridgehead atoms. The predicted molar refractivity (Wildman–Crippen MR) is 85.1 cm³/mol. The third-order valence-corrected chi connectivity index (χ3v) is 3.65. The number of benzene rings is 2. The van der Waals surface area contributed by atoms with Crippen LogP contribution in [0.4, 0.5) is 13.9 Å². The van der Waals surface area contributed by atoms with Crippen molar-refractivity contribution >= 4 is 22.7 Å². The van der Waals surface area contributed by atoms with Gasteiger partial charge in [-0.3, -0.25) is 5.43 Å². The first-order valence-electron chi connectivity index (χ1n) is 6.47. The molecule has 0 saturated heterocycles. The van der Waals surface area contributed by atoms with Crippen LogP contribution in [0.25, 0.3) is 11.3 Å². The van der Waals surface area contributed by atoms with Crippen LogP contribution in [0.15, 0.2) is 59.0 Å². The van der Waals surface area contributed by atoms with E-state index in [9.17, 15) is 8.78 Å². The Bertz CT molecular complexity index is 800. The summed E-state index contributed by atoms with van der Waals surface area (Å²) in [6, 6.07) is 13.1. The average Bonchev–Trinajstić information content (AvgIpc) is 2.99. The van der Waals surface area contributed by atoms with Crippen molar-refractivity contribution in [3.8, 4) is 11.3 Å². The largest absolute Gasteiger partial charge is 0.253 e. The van der Waals surface area contributed by atoms with E-state index in [2.05, 4.69) is 15.5 Å². The number of anilines is 1. The number of hydrazone groups is 1. The van der Waals surface area contributed by atoms with Crippen LogP contribution < -0.4 is 5.43 Å². The molecule has 0 radical (unpaired) electrons. The topological polar surface area (TPSA) is 37.3 Å². The summed E-state index contributed by atoms with van der Waals surface area (Å²) in [6.45, 7) is 0. The van der Waals surface area contributed by atoms with Crippen molar-refractivity contribution in [1.29, 1.82) is 0 Å². The summed E-state index contributed by atoms with van der Waals surface area (Å²) in [5.74, 6) is -1.27. The first-order chi connectivity index (χ1) is 10.7. The van der Waals surface area contributed by atoms with Gasteiger partial charge in [-0.15, -0.1) is 11.3 Å². The van der Waals surface area contributed by atoms with Crippen LogP contribution in [0, 0.1) is 11.6 Å². The zero-order chi connectivity index (χ0) is 15.4. The molecule has 2 aromatic carbocycles. The van der Waals surface area contributed by atoms with E-state index in [1.807, 2.05) is 35.7 Å². The zero-order valence-electron chi connectivity index (χ0n) is 11.3. The van der Waals surface area contributed by atoms with Crippen molar-refractivity contribution in [2.24, 2.45) is 5.10 Å². The summed E-state index contributed by atoms with van der Waals surface area (Å²) in [7, 11) is 0. The molecule has 0 spiro atoms. The molecule has 6 heteroatoms. The first-order valence-corrected chi connectivity index (χ1v) is 7.35. The minimum Gasteiger partial charge on any atom is -0.253 e. The highest BCUT2D eigenvalue weighted by Gasteiger charge is 2.03. The van der Waals surface area contributed by atoms with Gasteiger partial charge in [0.2, 0.25) is 5.13 Å². The fraction of sp³-hybridized carbons (Fsp3) is 0. The Hall–Kier alpha value is -2.60. The number of hydrogen-bond donors (Lipinski definition) is 1. The third kappa shape index (κ3) is 3.35. The maximum Gasteiger partial charge on any atom is 0.203 e. The van der Waals surface area contributed by atoms with Crippen LogP contribution in [0.1, 0.15) is 5.56 Å². The molecule has 0 aliphatic carbocycles. The smallest absolute Gasteiger partial charge is 0.203 e. The molecule has 0 fully saturated rings. The number of aromatic nitrogens is 1. The van der Waals surface area contributed by atoms with Crippen LogP contribution >= 0.6 is 11.3 Å². The second-order valence-corrected chi connectivity index (χ2v) is 5.30. The number of nitrogens with one attached hydrogen (secondary N) is 1. The first kappa shape index (κ1) is 14.3. The Labute approximate surface area is 130 Å². The molecule has 3 nitrogen and oxygen atoms in total. The second-order valence-electron chi connectivity index (χ2n) is 4.44. The molecule has 0 unspecified atom stereocenters. The molecule has 1 aromatic heterocycles. The Morgan fingerprint density at radius 1 is 1.09 bits per heavy atom. The van der Waals surface area contributed by atoms with Crippen LogP contribution in [0.2, 0.25) is 0 Å². The van der Waals surface area contributed by atoms with E-state index in [0.29, 0.717) is 5.13 Å². The van der Waals surface area contributed by atoms with Crippen molar-refractivity contribution in [3.05, 3.63) is 71.1 Å². The fourth-order valence-corrected chi connectivity index (χ4v) is 2.50. The molecule has 1 N–H and O–H groups in total. The number of hydrogen-bond acceptors (Lipinski definition) is 4. The van der Waals surface area contributed by atoms with Crippen LogP contribution in [0.5, 0.6) is 0 Å². The number of halogens is 2. The fourth-order valence-electron chi connectivity index (χ4n) is 1.83. The lowest BCUT2D eigenvalue weighted by atomic mass is 10.2. The summed E-state index contributed by atoms with van der Waals surface area (Å²) in [5.41, 5.74) is 4.80. The normalized spacial score (nSPS) is 11.0. The van der Waals surface area contributed by atoms with Crippen molar-refractivity contribution < 1.29 is 8.78 Å². The number of nitrogens with zero attached hydrogens (tertiary/aromatic N) is 2. The summed E-state index contributed by atoms with van der Waals surface area (Å²) in [6.07, 6.45) is 1.29. The molecule has 22 heavy (non-hydrogen) atoms. The molecule has 0 amide bonds. The lowest BCUT2D eigenvalue weighted by molar-refractivity contribution is 0.582. The standard InChI is InChI=1S/C16H11F2N3S/c17-13-7-6-12(14(18)8-13)9-19-21-16-20-15(10-22-16)11-4-2-1-3-5-11/h1-10H,(H,20,21). The molecular weight excluding hydrogens is 304 g/mol. The second kappa shape index (κ2) is 6.44. The van der Waals surface area contributed by atoms with Gasteiger partial charge in [0.25, 0.3) is 0 Å². The molecule has 0 aliphatic rings. The molecule has 3 rings (SSSR count). The van der Waals surface area contributed by atoms with Gasteiger partial charge in [-0.05, 0) is 12.1 Å². The number of thiazole rings is 1. The van der Waals surface area contributed by atoms with E-state index in [1.54, 1.807) is 0 Å². The van der Waals surface area contributed by atoms with E-state index in [0.717, 1.165) is 17.3 Å². The van der Waals surface area contributed by atoms with Gasteiger partial charge in [0.1, 0.15) is 11.6 Å². The molecule has 0 saturated carbocycles. The monoisotopic (exact) mass is 315 g/mol. The van der Waals surface area contributed by atoms with Gasteiger partial charge >= 0.3 is 0 Å². The van der Waals surface area contributed by atoms with E-state index in [-0.39, 0.29) is 5.56 Å². The Morgan fingerprint density at radius 2 is 1.91 bits per heavy atom. The van der Waals surface area contributed by atoms with Gasteiger partial charge in [-0.25, -0.2) is 13.8 Å². The van der Waals surface area contributed by atoms with Crippen molar-refractivity contribution in [1.82, 2.24) is 4.98 Å². The van der Waals surface area contributed by atoms with Crippen LogP contribution in [-0.4, -0.2) is 11.2 Å². The number of rotatable bonds is 4. The quantitative estimate of drug-likeness (QED) is 0.567. The minimum atomic E-state index is -0.658. The summed E-state index contributed by atoms with van der Waals surface area (Å²) >= 11 is 1.40. The van der Waals surface area contributed by atoms with Crippen molar-refractivity contribution in [3.63, 3.8) is 0 Å². The Balaban J connectivity index is 1.69. The van der Waals surface area contributed by atoms with Crippen molar-refractivity contribution in [2.75, 3.05) is 5.43 Å². The molecule has 3 aromatic rings. The molecule has 1 heterocycles. The van der Waals surface area contributed by atoms with E-state index in [4.69, 9.17) is 0 Å². The van der Waals surface area contributed by atoms with E-state index in [1.165, 1.54) is 29.7 Å². The maximum absolute atomic E-state index is 13.4. The highest BCUT2D eigenvalue weighted by Crippen LogP contribution is 2.24. The molecule has 110 valence electrons. The van der Waals surface area contributed by atoms with E-state index >= 15 is 0 Å². The average molecular weight is 315 g/mol. The predicted octanol–water partition coefficient (Wildman–Crippen LogP) is 4.53. The molecular formula is C16H11F2N3S. The summed E-state index contributed by atoms with van der Waals surface area (Å²) in [4.78, 5) is 4.39. The van der Waals surface area contributed by atoms with Crippen LogP contribution in [0.3, 0.4) is 0 Å². The highest BCUT2D eigenvalue weighted by atomic mass is 32.1. The van der Waals surface area contributed by atoms with Gasteiger partial charge in [0.05, 0.1) is 11.9 Å². The molecule has 0 atom stereocenters.